The predicted molar refractivity (Wildman–Crippen MR) is 71.4 cm³/mol. The number of benzene rings is 1. The molecule has 0 aliphatic heterocycles. The maximum Gasteiger partial charge on any atom is 0.264 e. The molecule has 0 unspecified atom stereocenters. The van der Waals surface area contributed by atoms with Crippen molar-refractivity contribution < 1.29 is 4.79 Å². The third kappa shape index (κ3) is 3.35. The van der Waals surface area contributed by atoms with Crippen molar-refractivity contribution in [3.05, 3.63) is 39.0 Å². The number of halogens is 1. The molecule has 0 saturated heterocycles. The summed E-state index contributed by atoms with van der Waals surface area (Å²) in [6.07, 6.45) is 1.60. The van der Waals surface area contributed by atoms with Crippen LogP contribution in [0.2, 0.25) is 0 Å². The van der Waals surface area contributed by atoms with E-state index in [0.29, 0.717) is 0 Å². The lowest BCUT2D eigenvalue weighted by Gasteiger charge is -2.08. The first-order valence-corrected chi connectivity index (χ1v) is 5.71. The average molecular weight is 326 g/mol. The van der Waals surface area contributed by atoms with E-state index in [4.69, 9.17) is 5.26 Å². The lowest BCUT2D eigenvalue weighted by Crippen LogP contribution is -2.22. The zero-order chi connectivity index (χ0) is 12.1. The zero-order valence-electron chi connectivity index (χ0n) is 9.07. The Morgan fingerprint density at radius 2 is 1.94 bits per heavy atom. The first kappa shape index (κ1) is 12.7. The van der Waals surface area contributed by atoms with Gasteiger partial charge in [0, 0.05) is 17.7 Å². The molecule has 16 heavy (non-hydrogen) atoms. The second-order valence-electron chi connectivity index (χ2n) is 3.42. The summed E-state index contributed by atoms with van der Waals surface area (Å²) in [5.41, 5.74) is 0.998. The van der Waals surface area contributed by atoms with E-state index in [2.05, 4.69) is 22.6 Å². The highest BCUT2D eigenvalue weighted by Crippen LogP contribution is 2.11. The van der Waals surface area contributed by atoms with Crippen molar-refractivity contribution in [2.45, 2.75) is 0 Å². The van der Waals surface area contributed by atoms with Crippen molar-refractivity contribution in [2.75, 3.05) is 14.1 Å². The van der Waals surface area contributed by atoms with Crippen LogP contribution in [-0.4, -0.2) is 24.9 Å². The summed E-state index contributed by atoms with van der Waals surface area (Å²) in [4.78, 5) is 13.0. The maximum absolute atomic E-state index is 11.6. The van der Waals surface area contributed by atoms with Crippen LogP contribution in [-0.2, 0) is 4.79 Å². The van der Waals surface area contributed by atoms with Gasteiger partial charge in [0.25, 0.3) is 5.91 Å². The fourth-order valence-corrected chi connectivity index (χ4v) is 1.47. The van der Waals surface area contributed by atoms with Gasteiger partial charge in [0.1, 0.15) is 11.6 Å². The molecular formula is C12H11IN2O. The van der Waals surface area contributed by atoms with E-state index in [0.717, 1.165) is 9.13 Å². The van der Waals surface area contributed by atoms with E-state index in [1.54, 1.807) is 20.2 Å². The molecule has 1 aromatic rings. The van der Waals surface area contributed by atoms with Gasteiger partial charge in [-0.15, -0.1) is 0 Å². The Morgan fingerprint density at radius 1 is 1.38 bits per heavy atom. The number of hydrogen-bond acceptors (Lipinski definition) is 2. The molecule has 0 atom stereocenters. The van der Waals surface area contributed by atoms with Crippen LogP contribution in [0, 0.1) is 14.9 Å². The summed E-state index contributed by atoms with van der Waals surface area (Å²) < 4.78 is 1.12. The van der Waals surface area contributed by atoms with E-state index < -0.39 is 0 Å². The van der Waals surface area contributed by atoms with E-state index in [1.807, 2.05) is 30.3 Å². The van der Waals surface area contributed by atoms with Gasteiger partial charge in [-0.3, -0.25) is 4.79 Å². The lowest BCUT2D eigenvalue weighted by molar-refractivity contribution is -0.124. The molecule has 0 bridgehead atoms. The van der Waals surface area contributed by atoms with Crippen LogP contribution in [0.1, 0.15) is 5.56 Å². The van der Waals surface area contributed by atoms with Crippen molar-refractivity contribution in [1.82, 2.24) is 4.90 Å². The molecule has 0 heterocycles. The van der Waals surface area contributed by atoms with Crippen LogP contribution in [0.4, 0.5) is 0 Å². The van der Waals surface area contributed by atoms with Crippen LogP contribution < -0.4 is 0 Å². The van der Waals surface area contributed by atoms with Gasteiger partial charge < -0.3 is 4.90 Å². The van der Waals surface area contributed by atoms with Gasteiger partial charge in [0.2, 0.25) is 0 Å². The SMILES string of the molecule is CN(C)C(=O)/C(C#N)=C\c1ccc(I)cc1. The minimum Gasteiger partial charge on any atom is -0.344 e. The van der Waals surface area contributed by atoms with Gasteiger partial charge in [0.15, 0.2) is 0 Å². The molecule has 0 radical (unpaired) electrons. The van der Waals surface area contributed by atoms with E-state index >= 15 is 0 Å². The summed E-state index contributed by atoms with van der Waals surface area (Å²) in [5.74, 6) is -0.277. The predicted octanol–water partition coefficient (Wildman–Crippen LogP) is 2.29. The minimum absolute atomic E-state index is 0.145. The molecule has 0 N–H and O–H groups in total. The second-order valence-corrected chi connectivity index (χ2v) is 4.67. The quantitative estimate of drug-likeness (QED) is 0.475. The molecule has 0 fully saturated rings. The number of rotatable bonds is 2. The van der Waals surface area contributed by atoms with Crippen molar-refractivity contribution in [3.8, 4) is 6.07 Å². The number of nitriles is 1. The highest BCUT2D eigenvalue weighted by Gasteiger charge is 2.10. The Kier molecular flexibility index (Phi) is 4.50. The third-order valence-corrected chi connectivity index (χ3v) is 2.66. The number of likely N-dealkylation sites (N-methyl/N-ethyl adjacent to an activating group) is 1. The van der Waals surface area contributed by atoms with Crippen LogP contribution in [0.25, 0.3) is 6.08 Å². The fourth-order valence-electron chi connectivity index (χ4n) is 1.11. The highest BCUT2D eigenvalue weighted by molar-refractivity contribution is 14.1. The second kappa shape index (κ2) is 5.66. The van der Waals surface area contributed by atoms with Crippen LogP contribution in [0.5, 0.6) is 0 Å². The Morgan fingerprint density at radius 3 is 2.38 bits per heavy atom. The molecule has 4 heteroatoms. The smallest absolute Gasteiger partial charge is 0.264 e. The molecule has 0 spiro atoms. The summed E-state index contributed by atoms with van der Waals surface area (Å²) >= 11 is 2.20. The Balaban J connectivity index is 3.02. The number of amides is 1. The largest absolute Gasteiger partial charge is 0.344 e. The van der Waals surface area contributed by atoms with E-state index in [1.165, 1.54) is 4.90 Å². The first-order chi connectivity index (χ1) is 7.54. The van der Waals surface area contributed by atoms with E-state index in [-0.39, 0.29) is 11.5 Å². The van der Waals surface area contributed by atoms with Crippen molar-refractivity contribution >= 4 is 34.6 Å². The average Bonchev–Trinajstić information content (AvgIpc) is 2.27. The summed E-state index contributed by atoms with van der Waals surface area (Å²) in [6, 6.07) is 9.53. The summed E-state index contributed by atoms with van der Waals surface area (Å²) in [6.45, 7) is 0. The van der Waals surface area contributed by atoms with Crippen LogP contribution >= 0.6 is 22.6 Å². The fraction of sp³-hybridized carbons (Fsp3) is 0.167. The zero-order valence-corrected chi connectivity index (χ0v) is 11.2. The number of carbonyl (C=O) groups is 1. The van der Waals surface area contributed by atoms with Gasteiger partial charge in [-0.05, 0) is 46.4 Å². The molecular weight excluding hydrogens is 315 g/mol. The summed E-state index contributed by atoms with van der Waals surface area (Å²) in [7, 11) is 3.25. The van der Waals surface area contributed by atoms with Crippen molar-refractivity contribution in [1.29, 1.82) is 5.26 Å². The topological polar surface area (TPSA) is 44.1 Å². The highest BCUT2D eigenvalue weighted by atomic mass is 127. The van der Waals surface area contributed by atoms with Gasteiger partial charge in [-0.2, -0.15) is 5.26 Å². The molecule has 0 aliphatic carbocycles. The number of hydrogen-bond donors (Lipinski definition) is 0. The van der Waals surface area contributed by atoms with Crippen LogP contribution in [0.3, 0.4) is 0 Å². The molecule has 82 valence electrons. The molecule has 0 aromatic heterocycles. The maximum atomic E-state index is 11.6. The Hall–Kier alpha value is -1.35. The molecule has 1 amide bonds. The Labute approximate surface area is 109 Å². The molecule has 3 nitrogen and oxygen atoms in total. The van der Waals surface area contributed by atoms with Crippen LogP contribution in [0.15, 0.2) is 29.8 Å². The van der Waals surface area contributed by atoms with Gasteiger partial charge in [-0.25, -0.2) is 0 Å². The first-order valence-electron chi connectivity index (χ1n) is 4.63. The molecule has 1 rings (SSSR count). The number of nitrogens with zero attached hydrogens (tertiary/aromatic N) is 2. The lowest BCUT2D eigenvalue weighted by atomic mass is 10.1. The number of carbonyl (C=O) groups excluding carboxylic acids is 1. The molecule has 1 aromatic carbocycles. The van der Waals surface area contributed by atoms with Gasteiger partial charge in [-0.1, -0.05) is 12.1 Å². The minimum atomic E-state index is -0.277. The Bertz CT molecular complexity index is 455. The molecule has 0 saturated carbocycles. The normalized spacial score (nSPS) is 10.8. The van der Waals surface area contributed by atoms with Gasteiger partial charge in [0.05, 0.1) is 0 Å². The standard InChI is InChI=1S/C12H11IN2O/c1-15(2)12(16)10(8-14)7-9-3-5-11(13)6-4-9/h3-7H,1-2H3/b10-7-. The summed E-state index contributed by atoms with van der Waals surface area (Å²) in [5, 5.41) is 8.89. The molecule has 0 aliphatic rings. The van der Waals surface area contributed by atoms with Gasteiger partial charge >= 0.3 is 0 Å². The third-order valence-electron chi connectivity index (χ3n) is 1.94. The van der Waals surface area contributed by atoms with E-state index in [9.17, 15) is 4.79 Å². The van der Waals surface area contributed by atoms with Crippen molar-refractivity contribution in [2.24, 2.45) is 0 Å². The monoisotopic (exact) mass is 326 g/mol. The van der Waals surface area contributed by atoms with Crippen molar-refractivity contribution in [3.63, 3.8) is 0 Å².